The van der Waals surface area contributed by atoms with Crippen LogP contribution in [-0.4, -0.2) is 36.1 Å². The molecule has 2 unspecified atom stereocenters. The quantitative estimate of drug-likeness (QED) is 0.885. The molecule has 1 aromatic rings. The number of amides is 1. The molecule has 4 heteroatoms. The summed E-state index contributed by atoms with van der Waals surface area (Å²) in [5, 5.41) is 6.61. The van der Waals surface area contributed by atoms with Crippen molar-refractivity contribution < 1.29 is 4.79 Å². The second kappa shape index (κ2) is 6.16. The average Bonchev–Trinajstić information content (AvgIpc) is 2.46. The average molecular weight is 287 g/mol. The topological polar surface area (TPSA) is 44.4 Å². The lowest BCUT2D eigenvalue weighted by molar-refractivity contribution is -0.125. The number of hydrogen-bond acceptors (Lipinski definition) is 3. The monoisotopic (exact) mass is 287 g/mol. The molecule has 1 aromatic carbocycles. The first kappa shape index (κ1) is 14.5. The van der Waals surface area contributed by atoms with Crippen molar-refractivity contribution in [1.82, 2.24) is 15.5 Å². The molecule has 0 bridgehead atoms. The minimum Gasteiger partial charge on any atom is -0.340 e. The van der Waals surface area contributed by atoms with Gasteiger partial charge in [0.2, 0.25) is 5.91 Å². The Kier molecular flexibility index (Phi) is 4.27. The molecule has 2 heterocycles. The predicted molar refractivity (Wildman–Crippen MR) is 83.7 cm³/mol. The van der Waals surface area contributed by atoms with E-state index in [9.17, 15) is 4.79 Å². The lowest BCUT2D eigenvalue weighted by atomic mass is 9.98. The highest BCUT2D eigenvalue weighted by atomic mass is 16.2. The van der Waals surface area contributed by atoms with Crippen LogP contribution in [0.3, 0.4) is 0 Å². The maximum Gasteiger partial charge on any atom is 0.222 e. The van der Waals surface area contributed by atoms with E-state index in [0.717, 1.165) is 26.1 Å². The zero-order chi connectivity index (χ0) is 14.8. The maximum absolute atomic E-state index is 11.9. The minimum atomic E-state index is 0.105. The standard InChI is InChI=1S/C17H25N3O/c1-12(2)17-18-15(9-16(21)19-17)11-20-8-7-13-5-3-4-6-14(13)10-20/h3-6,12,15,17-18H,7-11H2,1-2H3,(H,19,21). The smallest absolute Gasteiger partial charge is 0.222 e. The molecule has 2 aliphatic heterocycles. The van der Waals surface area contributed by atoms with Crippen LogP contribution in [0.15, 0.2) is 24.3 Å². The third-order valence-corrected chi connectivity index (χ3v) is 4.52. The molecule has 2 N–H and O–H groups in total. The Labute approximate surface area is 126 Å². The van der Waals surface area contributed by atoms with Gasteiger partial charge in [0.05, 0.1) is 6.17 Å². The Bertz CT molecular complexity index is 515. The van der Waals surface area contributed by atoms with Crippen molar-refractivity contribution in [3.8, 4) is 0 Å². The zero-order valence-corrected chi connectivity index (χ0v) is 12.9. The van der Waals surface area contributed by atoms with Crippen molar-refractivity contribution in [1.29, 1.82) is 0 Å². The van der Waals surface area contributed by atoms with Gasteiger partial charge in [-0.05, 0) is 23.5 Å². The summed E-state index contributed by atoms with van der Waals surface area (Å²) in [6.45, 7) is 7.31. The van der Waals surface area contributed by atoms with Crippen LogP contribution in [-0.2, 0) is 17.8 Å². The molecule has 1 fully saturated rings. The zero-order valence-electron chi connectivity index (χ0n) is 12.9. The van der Waals surface area contributed by atoms with Crippen LogP contribution in [0.25, 0.3) is 0 Å². The van der Waals surface area contributed by atoms with Gasteiger partial charge in [-0.15, -0.1) is 0 Å². The van der Waals surface area contributed by atoms with Crippen molar-refractivity contribution in [2.75, 3.05) is 13.1 Å². The number of hydrogen-bond donors (Lipinski definition) is 2. The Morgan fingerprint density at radius 3 is 2.81 bits per heavy atom. The van der Waals surface area contributed by atoms with Gasteiger partial charge in [-0.25, -0.2) is 0 Å². The summed E-state index contributed by atoms with van der Waals surface area (Å²) in [4.78, 5) is 14.3. The molecular formula is C17H25N3O. The fourth-order valence-corrected chi connectivity index (χ4v) is 3.31. The summed E-state index contributed by atoms with van der Waals surface area (Å²) in [5.41, 5.74) is 2.91. The van der Waals surface area contributed by atoms with E-state index in [1.165, 1.54) is 11.1 Å². The van der Waals surface area contributed by atoms with E-state index in [2.05, 4.69) is 53.6 Å². The number of fused-ring (bicyclic) bond motifs is 1. The third-order valence-electron chi connectivity index (χ3n) is 4.52. The Balaban J connectivity index is 1.61. The molecule has 1 saturated heterocycles. The van der Waals surface area contributed by atoms with E-state index in [1.54, 1.807) is 0 Å². The van der Waals surface area contributed by atoms with Crippen LogP contribution in [0.1, 0.15) is 31.4 Å². The van der Waals surface area contributed by atoms with Gasteiger partial charge in [0.25, 0.3) is 0 Å². The molecule has 0 aromatic heterocycles. The number of nitrogens with one attached hydrogen (secondary N) is 2. The van der Waals surface area contributed by atoms with Crippen molar-refractivity contribution in [3.63, 3.8) is 0 Å². The molecule has 21 heavy (non-hydrogen) atoms. The van der Waals surface area contributed by atoms with E-state index in [0.29, 0.717) is 12.3 Å². The van der Waals surface area contributed by atoms with Crippen LogP contribution in [0.5, 0.6) is 0 Å². The summed E-state index contributed by atoms with van der Waals surface area (Å²) in [7, 11) is 0. The molecule has 2 atom stereocenters. The lowest BCUT2D eigenvalue weighted by Crippen LogP contribution is -2.61. The highest BCUT2D eigenvalue weighted by molar-refractivity contribution is 5.77. The van der Waals surface area contributed by atoms with Crippen LogP contribution in [0.2, 0.25) is 0 Å². The van der Waals surface area contributed by atoms with Gasteiger partial charge in [0, 0.05) is 32.1 Å². The Morgan fingerprint density at radius 1 is 1.29 bits per heavy atom. The second-order valence-electron chi connectivity index (χ2n) is 6.61. The summed E-state index contributed by atoms with van der Waals surface area (Å²) in [6, 6.07) is 8.95. The van der Waals surface area contributed by atoms with Crippen LogP contribution in [0, 0.1) is 5.92 Å². The van der Waals surface area contributed by atoms with Gasteiger partial charge in [-0.1, -0.05) is 38.1 Å². The second-order valence-corrected chi connectivity index (χ2v) is 6.61. The number of carbonyl (C=O) groups is 1. The van der Waals surface area contributed by atoms with Crippen molar-refractivity contribution in [2.45, 2.75) is 45.4 Å². The lowest BCUT2D eigenvalue weighted by Gasteiger charge is -2.38. The van der Waals surface area contributed by atoms with Gasteiger partial charge in [0.1, 0.15) is 0 Å². The summed E-state index contributed by atoms with van der Waals surface area (Å²) >= 11 is 0. The van der Waals surface area contributed by atoms with Gasteiger partial charge in [-0.2, -0.15) is 0 Å². The molecule has 0 radical (unpaired) electrons. The van der Waals surface area contributed by atoms with Crippen LogP contribution < -0.4 is 10.6 Å². The molecule has 4 nitrogen and oxygen atoms in total. The van der Waals surface area contributed by atoms with Crippen LogP contribution in [0.4, 0.5) is 0 Å². The highest BCUT2D eigenvalue weighted by Gasteiger charge is 2.29. The first-order valence-electron chi connectivity index (χ1n) is 7.96. The summed E-state index contributed by atoms with van der Waals surface area (Å²) in [6.07, 6.45) is 1.80. The Hall–Kier alpha value is -1.39. The third kappa shape index (κ3) is 3.44. The van der Waals surface area contributed by atoms with Gasteiger partial charge >= 0.3 is 0 Å². The Morgan fingerprint density at radius 2 is 2.05 bits per heavy atom. The molecular weight excluding hydrogens is 262 g/mol. The van der Waals surface area contributed by atoms with Crippen LogP contribution >= 0.6 is 0 Å². The van der Waals surface area contributed by atoms with Crippen molar-refractivity contribution in [3.05, 3.63) is 35.4 Å². The van der Waals surface area contributed by atoms with Gasteiger partial charge in [0.15, 0.2) is 0 Å². The predicted octanol–water partition coefficient (Wildman–Crippen LogP) is 1.50. The van der Waals surface area contributed by atoms with Gasteiger partial charge in [-0.3, -0.25) is 15.0 Å². The van der Waals surface area contributed by atoms with E-state index >= 15 is 0 Å². The summed E-state index contributed by atoms with van der Waals surface area (Å²) in [5.74, 6) is 0.591. The van der Waals surface area contributed by atoms with E-state index in [4.69, 9.17) is 0 Å². The summed E-state index contributed by atoms with van der Waals surface area (Å²) < 4.78 is 0. The van der Waals surface area contributed by atoms with Crippen molar-refractivity contribution in [2.24, 2.45) is 5.92 Å². The molecule has 0 spiro atoms. The molecule has 2 aliphatic rings. The number of carbonyl (C=O) groups excluding carboxylic acids is 1. The first-order chi connectivity index (χ1) is 10.1. The number of nitrogens with zero attached hydrogens (tertiary/aromatic N) is 1. The highest BCUT2D eigenvalue weighted by Crippen LogP contribution is 2.19. The maximum atomic E-state index is 11.9. The molecule has 1 amide bonds. The van der Waals surface area contributed by atoms with E-state index in [-0.39, 0.29) is 18.1 Å². The molecule has 0 aliphatic carbocycles. The number of benzene rings is 1. The fraction of sp³-hybridized carbons (Fsp3) is 0.588. The largest absolute Gasteiger partial charge is 0.340 e. The van der Waals surface area contributed by atoms with Crippen molar-refractivity contribution >= 4 is 5.91 Å². The SMILES string of the molecule is CC(C)C1NC(=O)CC(CN2CCc3ccccc3C2)N1. The molecule has 114 valence electrons. The molecule has 0 saturated carbocycles. The fourth-order valence-electron chi connectivity index (χ4n) is 3.31. The van der Waals surface area contributed by atoms with Gasteiger partial charge < -0.3 is 5.32 Å². The number of rotatable bonds is 3. The van der Waals surface area contributed by atoms with E-state index in [1.807, 2.05) is 0 Å². The normalized spacial score (nSPS) is 26.5. The van der Waals surface area contributed by atoms with E-state index < -0.39 is 0 Å². The molecule has 3 rings (SSSR count). The first-order valence-corrected chi connectivity index (χ1v) is 7.96. The minimum absolute atomic E-state index is 0.105.